The van der Waals surface area contributed by atoms with Crippen LogP contribution in [0.1, 0.15) is 38.3 Å². The molecule has 0 aliphatic carbocycles. The molecule has 1 aromatic carbocycles. The number of ether oxygens (including phenoxy) is 1. The second-order valence-corrected chi connectivity index (χ2v) is 4.78. The molecule has 0 saturated carbocycles. The van der Waals surface area contributed by atoms with Gasteiger partial charge < -0.3 is 9.30 Å². The van der Waals surface area contributed by atoms with Crippen molar-refractivity contribution in [3.8, 4) is 5.75 Å². The van der Waals surface area contributed by atoms with Crippen molar-refractivity contribution in [2.75, 3.05) is 0 Å². The van der Waals surface area contributed by atoms with E-state index in [0.29, 0.717) is 4.77 Å². The normalized spacial score (nSPS) is 12.4. The molecule has 2 rings (SSSR count). The average Bonchev–Trinajstić information content (AvgIpc) is 2.80. The Labute approximate surface area is 118 Å². The molecule has 1 atom stereocenters. The van der Waals surface area contributed by atoms with Gasteiger partial charge >= 0.3 is 0 Å². The van der Waals surface area contributed by atoms with Crippen molar-refractivity contribution in [1.82, 2.24) is 14.8 Å². The van der Waals surface area contributed by atoms with Crippen molar-refractivity contribution in [1.29, 1.82) is 0 Å². The first kappa shape index (κ1) is 13.8. The topological polar surface area (TPSA) is 42.8 Å². The van der Waals surface area contributed by atoms with E-state index in [1.165, 1.54) is 5.56 Å². The van der Waals surface area contributed by atoms with Gasteiger partial charge in [0.15, 0.2) is 16.7 Å². The molecule has 1 unspecified atom stereocenters. The Bertz CT molecular complexity index is 585. The highest BCUT2D eigenvalue weighted by atomic mass is 32.1. The summed E-state index contributed by atoms with van der Waals surface area (Å²) >= 11 is 5.18. The van der Waals surface area contributed by atoms with E-state index in [0.717, 1.165) is 24.5 Å². The van der Waals surface area contributed by atoms with Gasteiger partial charge in [0.1, 0.15) is 5.75 Å². The van der Waals surface area contributed by atoms with E-state index in [9.17, 15) is 0 Å². The molecule has 102 valence electrons. The van der Waals surface area contributed by atoms with Crippen LogP contribution in [0.15, 0.2) is 24.3 Å². The molecule has 19 heavy (non-hydrogen) atoms. The van der Waals surface area contributed by atoms with E-state index in [1.54, 1.807) is 0 Å². The lowest BCUT2D eigenvalue weighted by atomic mass is 10.2. The van der Waals surface area contributed by atoms with Crippen LogP contribution >= 0.6 is 12.2 Å². The Hall–Kier alpha value is -1.62. The van der Waals surface area contributed by atoms with Crippen molar-refractivity contribution in [2.24, 2.45) is 0 Å². The number of rotatable bonds is 5. The van der Waals surface area contributed by atoms with Gasteiger partial charge in [-0.3, -0.25) is 5.10 Å². The smallest absolute Gasteiger partial charge is 0.195 e. The molecule has 0 saturated heterocycles. The van der Waals surface area contributed by atoms with Crippen molar-refractivity contribution in [2.45, 2.75) is 39.8 Å². The number of nitrogens with zero attached hydrogens (tertiary/aromatic N) is 2. The molecule has 1 N–H and O–H groups in total. The Morgan fingerprint density at radius 3 is 2.58 bits per heavy atom. The maximum atomic E-state index is 5.91. The minimum atomic E-state index is -0.139. The minimum Gasteiger partial charge on any atom is -0.483 e. The zero-order valence-electron chi connectivity index (χ0n) is 11.5. The molecule has 1 heterocycles. The lowest BCUT2D eigenvalue weighted by Crippen LogP contribution is -2.11. The number of aromatic amines is 1. The maximum Gasteiger partial charge on any atom is 0.195 e. The van der Waals surface area contributed by atoms with Crippen LogP contribution in [0.25, 0.3) is 0 Å². The summed E-state index contributed by atoms with van der Waals surface area (Å²) in [6, 6.07) is 8.15. The maximum absolute atomic E-state index is 5.91. The summed E-state index contributed by atoms with van der Waals surface area (Å²) in [5.41, 5.74) is 1.30. The van der Waals surface area contributed by atoms with Crippen LogP contribution in [0.5, 0.6) is 5.75 Å². The molecule has 2 aromatic rings. The van der Waals surface area contributed by atoms with E-state index in [2.05, 4.69) is 29.3 Å². The number of aryl methyl sites for hydroxylation is 1. The molecule has 0 aliphatic heterocycles. The first-order chi connectivity index (χ1) is 9.15. The van der Waals surface area contributed by atoms with Gasteiger partial charge in [-0.25, -0.2) is 0 Å². The molecule has 0 fully saturated rings. The fourth-order valence-corrected chi connectivity index (χ4v) is 2.27. The lowest BCUT2D eigenvalue weighted by Gasteiger charge is -2.15. The largest absolute Gasteiger partial charge is 0.483 e. The minimum absolute atomic E-state index is 0.139. The van der Waals surface area contributed by atoms with Crippen LogP contribution in [0.2, 0.25) is 0 Å². The molecular formula is C14H19N3OS. The van der Waals surface area contributed by atoms with Crippen molar-refractivity contribution in [3.05, 3.63) is 40.4 Å². The van der Waals surface area contributed by atoms with Gasteiger partial charge in [-0.15, -0.1) is 0 Å². The summed E-state index contributed by atoms with van der Waals surface area (Å²) in [7, 11) is 0. The first-order valence-electron chi connectivity index (χ1n) is 6.56. The van der Waals surface area contributed by atoms with E-state index in [4.69, 9.17) is 17.0 Å². The highest BCUT2D eigenvalue weighted by Crippen LogP contribution is 2.21. The van der Waals surface area contributed by atoms with Gasteiger partial charge in [0.2, 0.25) is 0 Å². The third kappa shape index (κ3) is 3.04. The Morgan fingerprint density at radius 1 is 1.32 bits per heavy atom. The van der Waals surface area contributed by atoms with Crippen LogP contribution in [0, 0.1) is 4.77 Å². The number of benzene rings is 1. The highest BCUT2D eigenvalue weighted by molar-refractivity contribution is 7.71. The number of H-pyrrole nitrogens is 1. The fourth-order valence-electron chi connectivity index (χ4n) is 2.01. The van der Waals surface area contributed by atoms with Gasteiger partial charge in [0, 0.05) is 6.54 Å². The average molecular weight is 277 g/mol. The predicted octanol–water partition coefficient (Wildman–Crippen LogP) is 3.66. The molecule has 0 spiro atoms. The zero-order valence-corrected chi connectivity index (χ0v) is 12.3. The van der Waals surface area contributed by atoms with E-state index in [-0.39, 0.29) is 6.10 Å². The van der Waals surface area contributed by atoms with E-state index in [1.807, 2.05) is 30.5 Å². The van der Waals surface area contributed by atoms with E-state index >= 15 is 0 Å². The molecule has 0 amide bonds. The van der Waals surface area contributed by atoms with Crippen LogP contribution < -0.4 is 4.74 Å². The molecule has 4 nitrogen and oxygen atoms in total. The van der Waals surface area contributed by atoms with Gasteiger partial charge in [-0.1, -0.05) is 19.1 Å². The monoisotopic (exact) mass is 277 g/mol. The number of nitrogens with one attached hydrogen (secondary N) is 1. The second-order valence-electron chi connectivity index (χ2n) is 4.39. The summed E-state index contributed by atoms with van der Waals surface area (Å²) in [4.78, 5) is 0. The van der Waals surface area contributed by atoms with Gasteiger partial charge in [-0.05, 0) is 50.2 Å². The summed E-state index contributed by atoms with van der Waals surface area (Å²) in [6.45, 7) is 6.94. The van der Waals surface area contributed by atoms with Gasteiger partial charge in [-0.2, -0.15) is 5.10 Å². The number of aromatic nitrogens is 3. The lowest BCUT2D eigenvalue weighted by molar-refractivity contribution is 0.210. The summed E-state index contributed by atoms with van der Waals surface area (Å²) < 4.78 is 8.48. The van der Waals surface area contributed by atoms with Gasteiger partial charge in [0.25, 0.3) is 0 Å². The van der Waals surface area contributed by atoms with Crippen molar-refractivity contribution < 1.29 is 4.74 Å². The Morgan fingerprint density at radius 2 is 2.00 bits per heavy atom. The van der Waals surface area contributed by atoms with Crippen LogP contribution in [0.3, 0.4) is 0 Å². The summed E-state index contributed by atoms with van der Waals surface area (Å²) in [6.07, 6.45) is 0.894. The van der Waals surface area contributed by atoms with Crippen LogP contribution in [0.4, 0.5) is 0 Å². The Balaban J connectivity index is 2.15. The third-order valence-corrected chi connectivity index (χ3v) is 3.42. The van der Waals surface area contributed by atoms with Gasteiger partial charge in [0.05, 0.1) is 0 Å². The van der Waals surface area contributed by atoms with E-state index < -0.39 is 0 Å². The summed E-state index contributed by atoms with van der Waals surface area (Å²) in [5, 5.41) is 7.05. The van der Waals surface area contributed by atoms with Crippen LogP contribution in [-0.2, 0) is 13.0 Å². The SMILES string of the molecule is CCc1ccc(OC(C)c2n[nH]c(=S)n2CC)cc1. The molecular weight excluding hydrogens is 258 g/mol. The zero-order chi connectivity index (χ0) is 13.8. The fraction of sp³-hybridized carbons (Fsp3) is 0.429. The number of hydrogen-bond acceptors (Lipinski definition) is 3. The first-order valence-corrected chi connectivity index (χ1v) is 6.97. The second kappa shape index (κ2) is 6.02. The third-order valence-electron chi connectivity index (χ3n) is 3.11. The molecule has 0 bridgehead atoms. The molecule has 0 aliphatic rings. The Kier molecular flexibility index (Phi) is 4.37. The standard InChI is InChI=1S/C14H19N3OS/c1-4-11-6-8-12(9-7-11)18-10(3)13-15-16-14(19)17(13)5-2/h6-10H,4-5H2,1-3H3,(H,16,19). The summed E-state index contributed by atoms with van der Waals surface area (Å²) in [5.74, 6) is 1.67. The van der Waals surface area contributed by atoms with Crippen molar-refractivity contribution >= 4 is 12.2 Å². The number of hydrogen-bond donors (Lipinski definition) is 1. The molecule has 0 radical (unpaired) electrons. The highest BCUT2D eigenvalue weighted by Gasteiger charge is 2.14. The predicted molar refractivity (Wildman–Crippen MR) is 77.9 cm³/mol. The van der Waals surface area contributed by atoms with Crippen molar-refractivity contribution in [3.63, 3.8) is 0 Å². The molecule has 1 aromatic heterocycles. The quantitative estimate of drug-likeness (QED) is 0.848. The van der Waals surface area contributed by atoms with Crippen LogP contribution in [-0.4, -0.2) is 14.8 Å². The molecule has 5 heteroatoms.